The summed E-state index contributed by atoms with van der Waals surface area (Å²) in [6.07, 6.45) is 1.42. The Balaban J connectivity index is 0.000000348. The topological polar surface area (TPSA) is 415 Å². The molecule has 4 aliphatic heterocycles. The summed E-state index contributed by atoms with van der Waals surface area (Å²) in [5, 5.41) is 24.1. The van der Waals surface area contributed by atoms with Crippen LogP contribution in [0.2, 0.25) is 0 Å². The fourth-order valence-electron chi connectivity index (χ4n) is 17.5. The Morgan fingerprint density at radius 2 is 0.557 bits per heavy atom. The van der Waals surface area contributed by atoms with Gasteiger partial charge in [-0.05, 0) is 160 Å². The first-order valence-corrected chi connectivity index (χ1v) is 53.0. The molecule has 0 unspecified atom stereocenters. The van der Waals surface area contributed by atoms with Crippen LogP contribution in [0.25, 0.3) is 0 Å². The normalized spacial score (nSPS) is 19.1. The van der Waals surface area contributed by atoms with Gasteiger partial charge in [-0.1, -0.05) is 274 Å². The van der Waals surface area contributed by atoms with Crippen molar-refractivity contribution in [1.29, 1.82) is 0 Å². The van der Waals surface area contributed by atoms with Crippen molar-refractivity contribution in [2.24, 2.45) is 50.4 Å². The largest absolute Gasteiger partial charge is 0.481 e. The summed E-state index contributed by atoms with van der Waals surface area (Å²) in [6.45, 7) is 47.8. The maximum atomic E-state index is 14.5. The van der Waals surface area contributed by atoms with Crippen LogP contribution in [-0.2, 0) is 138 Å². The fourth-order valence-corrected chi connectivity index (χ4v) is 17.5. The lowest BCUT2D eigenvalue weighted by molar-refractivity contribution is -0.162. The molecule has 13 atom stereocenters. The average molecular weight is 2110 g/mol. The van der Waals surface area contributed by atoms with Crippen LogP contribution in [0.4, 0.5) is 4.79 Å². The molecule has 4 heterocycles. The average Bonchev–Trinajstić information content (AvgIpc) is 1.65. The van der Waals surface area contributed by atoms with Crippen molar-refractivity contribution in [2.45, 2.75) is 340 Å². The van der Waals surface area contributed by atoms with Gasteiger partial charge in [0.05, 0.1) is 92.9 Å². The molecule has 0 saturated carbocycles. The molecule has 0 aromatic heterocycles. The number of carbonyl (C=O) groups excluding carboxylic acids is 11. The van der Waals surface area contributed by atoms with E-state index in [1.54, 1.807) is 97.8 Å². The van der Waals surface area contributed by atoms with Crippen LogP contribution in [0, 0.1) is 38.9 Å². The molecule has 4 saturated heterocycles. The van der Waals surface area contributed by atoms with Gasteiger partial charge in [0.2, 0.25) is 47.3 Å². The summed E-state index contributed by atoms with van der Waals surface area (Å²) in [6, 6.07) is 49.7. The number of alkyl halides is 2. The Morgan fingerprint density at radius 3 is 0.779 bits per heavy atom. The lowest BCUT2D eigenvalue weighted by atomic mass is 9.77. The van der Waals surface area contributed by atoms with E-state index in [9.17, 15) is 57.5 Å². The maximum absolute atomic E-state index is 14.5. The van der Waals surface area contributed by atoms with Crippen LogP contribution in [0.1, 0.15) is 249 Å². The van der Waals surface area contributed by atoms with Crippen LogP contribution >= 0.6 is 23.2 Å². The second kappa shape index (κ2) is 57.0. The van der Waals surface area contributed by atoms with Crippen LogP contribution in [0.3, 0.4) is 0 Å². The van der Waals surface area contributed by atoms with E-state index in [-0.39, 0.29) is 118 Å². The number of likely N-dealkylation sites (tertiary alicyclic amines) is 4. The molecule has 10 rings (SSSR count). The van der Waals surface area contributed by atoms with Crippen LogP contribution in [0.15, 0.2) is 170 Å². The number of nitrogens with one attached hydrogen (secondary N) is 5. The Bertz CT molecular complexity index is 4970. The van der Waals surface area contributed by atoms with Gasteiger partial charge in [0.15, 0.2) is 0 Å². The van der Waals surface area contributed by atoms with Gasteiger partial charge in [-0.2, -0.15) is 0 Å². The molecule has 0 radical (unpaired) electrons. The number of benzene rings is 6. The molecule has 0 spiro atoms. The first-order valence-electron chi connectivity index (χ1n) is 51.9. The van der Waals surface area contributed by atoms with E-state index in [4.69, 9.17) is 72.9 Å². The van der Waals surface area contributed by atoms with Crippen molar-refractivity contribution < 1.29 is 95.8 Å². The summed E-state index contributed by atoms with van der Waals surface area (Å²) in [5.74, 6) is -5.52. The second-order valence-electron chi connectivity index (χ2n) is 47.4. The smallest absolute Gasteiger partial charge is 0.408 e. The van der Waals surface area contributed by atoms with Crippen molar-refractivity contribution in [3.05, 3.63) is 214 Å². The van der Waals surface area contributed by atoms with E-state index < -0.39 is 140 Å². The Kier molecular flexibility index (Phi) is 47.8. The minimum Gasteiger partial charge on any atom is -0.481 e. The number of carboxylic acids is 1. The number of carboxylic acid groups (broad SMARTS) is 1. The van der Waals surface area contributed by atoms with E-state index in [1.165, 1.54) is 4.90 Å². The van der Waals surface area contributed by atoms with Gasteiger partial charge >= 0.3 is 24.0 Å². The standard InChI is InChI=1S/C57H81N5O10.C46H64N6O6.C12H22O4.CH2Cl2/c1-54(2,3)44(33-47(63)71-56(7,8)9)51(66)61-34-42(31-45(61)49(64)58-29-27-38-19-15-13-16-20-38)69-36-40-23-25-41(26-24-40)37-70-43-32-46(50(65)59-30-28-39-21-17-14-18-22-39)62(35-43)52(67)48(55(4,5)6)60-53(68)72-57(10,11)12;1-45(2,3)39(47)43(55)51-27-35(25-37(51)41(53)49-23-21-31-13-9-7-10-14-31)57-29-33-17-19-34(20-18-33)30-58-36-26-38(52(28-36)44(56)40(48)46(4,5)6)42(54)50-24-22-32-15-11-8-12-16-32;1-11(2,3)8(10(14)15)7-9(13)16-12(4,5)6;2-1-3/h13-26,42-46,48H,27-37H2,1-12H3,(H,58,64)(H,59,65)(H,60,68);7-20,35-40H,21-30,47-48H2,1-6H3,(H,49,53)(H,50,54);8H,7H2,1-6H3,(H,14,15);1H2/t42-,43-,44+,45-,46-,48+;35-,36-,37-,38-,39+,40+;8-;/m001./s1. The summed E-state index contributed by atoms with van der Waals surface area (Å²) >= 11 is 9.53. The van der Waals surface area contributed by atoms with Crippen molar-refractivity contribution >= 4 is 94.5 Å². The van der Waals surface area contributed by atoms with Gasteiger partial charge in [0.25, 0.3) is 0 Å². The summed E-state index contributed by atoms with van der Waals surface area (Å²) < 4.78 is 41.7. The second-order valence-corrected chi connectivity index (χ2v) is 48.2. The third kappa shape index (κ3) is 42.7. The molecule has 9 amide bonds. The van der Waals surface area contributed by atoms with Crippen LogP contribution < -0.4 is 38.1 Å². The van der Waals surface area contributed by atoms with Crippen molar-refractivity contribution in [2.75, 3.05) is 57.7 Å². The molecule has 0 bridgehead atoms. The summed E-state index contributed by atoms with van der Waals surface area (Å²) in [5.41, 5.74) is 16.0. The quantitative estimate of drug-likeness (QED) is 0.0101. The van der Waals surface area contributed by atoms with Gasteiger partial charge in [-0.25, -0.2) is 4.79 Å². The highest BCUT2D eigenvalue weighted by molar-refractivity contribution is 6.40. The zero-order valence-corrected chi connectivity index (χ0v) is 93.9. The highest BCUT2D eigenvalue weighted by atomic mass is 35.5. The van der Waals surface area contributed by atoms with Gasteiger partial charge in [0.1, 0.15) is 47.0 Å². The van der Waals surface area contributed by atoms with Gasteiger partial charge < -0.3 is 95.9 Å². The lowest BCUT2D eigenvalue weighted by Gasteiger charge is -2.35. The minimum atomic E-state index is -0.981. The molecule has 33 heteroatoms. The predicted octanol–water partition coefficient (Wildman–Crippen LogP) is 15.7. The number of hydrogen-bond acceptors (Lipinski definition) is 21. The number of rotatable bonds is 38. The minimum absolute atomic E-state index is 0.0872. The number of esters is 2. The molecule has 149 heavy (non-hydrogen) atoms. The van der Waals surface area contributed by atoms with E-state index in [2.05, 4.69) is 26.6 Å². The Morgan fingerprint density at radius 1 is 0.322 bits per heavy atom. The zero-order valence-electron chi connectivity index (χ0n) is 92.3. The molecule has 10 N–H and O–H groups in total. The Hall–Kier alpha value is -10.9. The number of ether oxygens (including phenoxy) is 7. The number of alkyl carbamates (subject to hydrolysis) is 1. The van der Waals surface area contributed by atoms with Crippen molar-refractivity contribution in [3.63, 3.8) is 0 Å². The van der Waals surface area contributed by atoms with Crippen molar-refractivity contribution in [3.8, 4) is 0 Å². The molecule has 6 aromatic carbocycles. The third-order valence-electron chi connectivity index (χ3n) is 26.0. The summed E-state index contributed by atoms with van der Waals surface area (Å²) in [7, 11) is 0. The molecule has 4 aliphatic rings. The summed E-state index contributed by atoms with van der Waals surface area (Å²) in [4.78, 5) is 166. The highest BCUT2D eigenvalue weighted by Gasteiger charge is 2.51. The van der Waals surface area contributed by atoms with E-state index >= 15 is 0 Å². The number of aliphatic carboxylic acids is 1. The number of carbonyl (C=O) groups is 12. The monoisotopic (exact) mass is 2110 g/mol. The maximum Gasteiger partial charge on any atom is 0.408 e. The number of amides is 9. The number of nitrogens with two attached hydrogens (primary N) is 2. The first-order chi connectivity index (χ1) is 69.5. The lowest BCUT2D eigenvalue weighted by Crippen LogP contribution is -2.58. The fraction of sp³-hybridized carbons (Fsp3) is 0.586. The molecular formula is C116H169Cl2N11O20. The molecule has 0 aliphatic carbocycles. The number of halogens is 2. The van der Waals surface area contributed by atoms with E-state index in [0.717, 1.165) is 44.5 Å². The van der Waals surface area contributed by atoms with Crippen LogP contribution in [-0.4, -0.2) is 237 Å². The predicted molar refractivity (Wildman–Crippen MR) is 579 cm³/mol. The SMILES string of the molecule is CC(C)(C)OC(=O)C[C@H](C(=O)N1C[C@@H](OCc2ccc(CO[C@H]3C[C@@H](C(=O)NCCc4ccccc4)N(C(=O)[C@@H](NC(=O)OC(C)(C)C)C(C)(C)C)C3)cc2)C[C@H]1C(=O)NCCc1ccccc1)C(C)(C)C.CC(C)(C)OC(=O)C[C@H](C(=O)O)C(C)(C)C.CC(C)(C)[C@H](N)C(=O)N1C[C@@H](OCc2ccc(CO[C@H]3C[C@@H](C(=O)NCCc4ccccc4)N(C(=O)[C@@H](N)C(C)(C)C)C3)cc2)C[C@H]1C(=O)NCCc1ccccc1.ClCCl. The van der Waals surface area contributed by atoms with Crippen LogP contribution in [0.5, 0.6) is 0 Å². The molecule has 31 nitrogen and oxygen atoms in total. The third-order valence-corrected chi connectivity index (χ3v) is 26.0. The molecule has 4 fully saturated rings. The zero-order chi connectivity index (χ0) is 111. The first kappa shape index (κ1) is 125. The van der Waals surface area contributed by atoms with E-state index in [1.807, 2.05) is 253 Å². The van der Waals surface area contributed by atoms with Crippen molar-refractivity contribution in [1.82, 2.24) is 46.2 Å². The molecule has 822 valence electrons. The molecule has 6 aromatic rings. The number of nitrogens with zero attached hydrogens (tertiary/aromatic N) is 4. The van der Waals surface area contributed by atoms with Gasteiger partial charge in [-0.3, -0.25) is 52.7 Å². The van der Waals surface area contributed by atoms with Gasteiger partial charge in [0, 0.05) is 78.0 Å². The highest BCUT2D eigenvalue weighted by Crippen LogP contribution is 2.38. The Labute approximate surface area is 894 Å². The molecular weight excluding hydrogens is 1940 g/mol. The number of hydrogen-bond donors (Lipinski definition) is 8. The van der Waals surface area contributed by atoms with E-state index in [0.29, 0.717) is 84.3 Å². The van der Waals surface area contributed by atoms with Gasteiger partial charge in [-0.15, -0.1) is 23.2 Å².